The second kappa shape index (κ2) is 12.0. The van der Waals surface area contributed by atoms with Crippen LogP contribution in [-0.2, 0) is 4.79 Å². The van der Waals surface area contributed by atoms with E-state index in [9.17, 15) is 15.0 Å². The summed E-state index contributed by atoms with van der Waals surface area (Å²) in [5, 5.41) is 30.0. The highest BCUT2D eigenvalue weighted by Crippen LogP contribution is 2.40. The summed E-state index contributed by atoms with van der Waals surface area (Å²) in [4.78, 5) is 11.8. The fourth-order valence-electron chi connectivity index (χ4n) is 4.44. The molecule has 0 amide bonds. The number of benzene rings is 1. The molecule has 1 aliphatic carbocycles. The number of aliphatic hydroxyl groups is 2. The number of carbonyl (C=O) groups is 1. The van der Waals surface area contributed by atoms with Gasteiger partial charge >= 0.3 is 5.97 Å². The molecule has 1 fully saturated rings. The SMILES string of the molecule is Cc1cccc(SCC(C)(O)CCC2C(CCCCCCC(=O)O)CC[C@H]2O)c1. The average molecular weight is 423 g/mol. The van der Waals surface area contributed by atoms with Gasteiger partial charge in [-0.2, -0.15) is 0 Å². The minimum atomic E-state index is -0.738. The number of aliphatic carboxylic acids is 1. The Balaban J connectivity index is 1.72. The number of unbranched alkanes of at least 4 members (excludes halogenated alkanes) is 3. The Morgan fingerprint density at radius 1 is 1.17 bits per heavy atom. The van der Waals surface area contributed by atoms with Crippen LogP contribution in [0.25, 0.3) is 0 Å². The standard InChI is InChI=1S/C24H38O4S/c1-18-8-7-10-20(16-18)29-17-24(2,28)15-14-21-19(12-13-22(21)25)9-5-3-4-6-11-23(26)27/h7-8,10,16,19,21-22,25,28H,3-6,9,11-15,17H2,1-2H3,(H,26,27)/t19?,21?,22-,24?/m1/s1. The Morgan fingerprint density at radius 3 is 2.66 bits per heavy atom. The van der Waals surface area contributed by atoms with Crippen molar-refractivity contribution < 1.29 is 20.1 Å². The fraction of sp³-hybridized carbons (Fsp3) is 0.708. The zero-order valence-corrected chi connectivity index (χ0v) is 18.8. The second-order valence-electron chi connectivity index (χ2n) is 9.06. The number of hydrogen-bond acceptors (Lipinski definition) is 4. The molecule has 5 heteroatoms. The van der Waals surface area contributed by atoms with E-state index in [-0.39, 0.29) is 18.4 Å². The molecule has 0 aliphatic heterocycles. The van der Waals surface area contributed by atoms with Crippen molar-refractivity contribution in [2.45, 2.75) is 94.7 Å². The van der Waals surface area contributed by atoms with Crippen molar-refractivity contribution in [2.24, 2.45) is 11.8 Å². The third kappa shape index (κ3) is 9.10. The van der Waals surface area contributed by atoms with Crippen molar-refractivity contribution >= 4 is 17.7 Å². The summed E-state index contributed by atoms with van der Waals surface area (Å²) >= 11 is 1.69. The number of rotatable bonds is 13. The molecule has 1 aromatic rings. The lowest BCUT2D eigenvalue weighted by Gasteiger charge is -2.28. The van der Waals surface area contributed by atoms with E-state index in [1.165, 1.54) is 10.5 Å². The van der Waals surface area contributed by atoms with Crippen LogP contribution in [0.1, 0.15) is 76.7 Å². The van der Waals surface area contributed by atoms with Gasteiger partial charge in [0.1, 0.15) is 0 Å². The topological polar surface area (TPSA) is 77.8 Å². The van der Waals surface area contributed by atoms with Crippen LogP contribution < -0.4 is 0 Å². The fourth-order valence-corrected chi connectivity index (χ4v) is 5.51. The summed E-state index contributed by atoms with van der Waals surface area (Å²) in [6.07, 6.45) is 8.54. The molecule has 1 saturated carbocycles. The first-order valence-corrected chi connectivity index (χ1v) is 12.1. The van der Waals surface area contributed by atoms with Gasteiger partial charge in [-0.15, -0.1) is 11.8 Å². The Morgan fingerprint density at radius 2 is 1.93 bits per heavy atom. The number of aliphatic hydroxyl groups excluding tert-OH is 1. The molecular weight excluding hydrogens is 384 g/mol. The molecule has 0 spiro atoms. The normalized spacial score (nSPS) is 23.8. The van der Waals surface area contributed by atoms with Crippen LogP contribution in [0, 0.1) is 18.8 Å². The van der Waals surface area contributed by atoms with Crippen molar-refractivity contribution in [3.8, 4) is 0 Å². The number of thioether (sulfide) groups is 1. The highest BCUT2D eigenvalue weighted by molar-refractivity contribution is 7.99. The van der Waals surface area contributed by atoms with E-state index in [1.807, 2.05) is 13.0 Å². The van der Waals surface area contributed by atoms with Crippen LogP contribution in [-0.4, -0.2) is 38.7 Å². The van der Waals surface area contributed by atoms with Crippen molar-refractivity contribution in [2.75, 3.05) is 5.75 Å². The summed E-state index contributed by atoms with van der Waals surface area (Å²) in [6.45, 7) is 3.99. The van der Waals surface area contributed by atoms with Gasteiger partial charge < -0.3 is 15.3 Å². The maximum Gasteiger partial charge on any atom is 0.303 e. The zero-order valence-electron chi connectivity index (χ0n) is 18.0. The maximum absolute atomic E-state index is 10.8. The molecule has 1 aromatic carbocycles. The summed E-state index contributed by atoms with van der Waals surface area (Å²) in [6, 6.07) is 8.36. The van der Waals surface area contributed by atoms with Crippen molar-refractivity contribution in [3.63, 3.8) is 0 Å². The van der Waals surface area contributed by atoms with E-state index in [0.717, 1.165) is 51.4 Å². The largest absolute Gasteiger partial charge is 0.481 e. The lowest BCUT2D eigenvalue weighted by molar-refractivity contribution is -0.137. The van der Waals surface area contributed by atoms with Gasteiger partial charge in [-0.1, -0.05) is 43.4 Å². The van der Waals surface area contributed by atoms with E-state index in [0.29, 0.717) is 18.1 Å². The molecule has 0 saturated heterocycles. The smallest absolute Gasteiger partial charge is 0.303 e. The minimum absolute atomic E-state index is 0.243. The summed E-state index contributed by atoms with van der Waals surface area (Å²) in [7, 11) is 0. The van der Waals surface area contributed by atoms with Crippen LogP contribution in [0.15, 0.2) is 29.2 Å². The van der Waals surface area contributed by atoms with Gasteiger partial charge in [0.2, 0.25) is 0 Å². The first-order chi connectivity index (χ1) is 13.8. The summed E-state index contributed by atoms with van der Waals surface area (Å²) < 4.78 is 0. The highest BCUT2D eigenvalue weighted by atomic mass is 32.2. The van der Waals surface area contributed by atoms with Gasteiger partial charge in [0.25, 0.3) is 0 Å². The molecule has 1 aliphatic rings. The molecule has 4 atom stereocenters. The van der Waals surface area contributed by atoms with E-state index in [4.69, 9.17) is 5.11 Å². The summed E-state index contributed by atoms with van der Waals surface area (Å²) in [5.74, 6) is 0.763. The molecule has 29 heavy (non-hydrogen) atoms. The second-order valence-corrected chi connectivity index (χ2v) is 10.1. The molecule has 3 unspecified atom stereocenters. The lowest BCUT2D eigenvalue weighted by Crippen LogP contribution is -2.30. The van der Waals surface area contributed by atoms with E-state index in [1.54, 1.807) is 11.8 Å². The summed E-state index contributed by atoms with van der Waals surface area (Å²) in [5.41, 5.74) is 0.493. The molecule has 4 nitrogen and oxygen atoms in total. The van der Waals surface area contributed by atoms with Gasteiger partial charge in [-0.05, 0) is 69.9 Å². The Labute approximate surface area is 180 Å². The van der Waals surface area contributed by atoms with Crippen LogP contribution in [0.5, 0.6) is 0 Å². The first-order valence-electron chi connectivity index (χ1n) is 11.1. The van der Waals surface area contributed by atoms with Gasteiger partial charge in [0, 0.05) is 17.1 Å². The predicted octanol–water partition coefficient (Wildman–Crippen LogP) is 5.43. The van der Waals surface area contributed by atoms with Crippen molar-refractivity contribution in [1.82, 2.24) is 0 Å². The maximum atomic E-state index is 10.8. The minimum Gasteiger partial charge on any atom is -0.481 e. The van der Waals surface area contributed by atoms with Gasteiger partial charge in [0.05, 0.1) is 11.7 Å². The first kappa shape index (κ1) is 24.2. The molecule has 3 N–H and O–H groups in total. The molecule has 0 heterocycles. The van der Waals surface area contributed by atoms with Crippen LogP contribution in [0.3, 0.4) is 0 Å². The quantitative estimate of drug-likeness (QED) is 0.292. The highest BCUT2D eigenvalue weighted by Gasteiger charge is 2.35. The molecule has 0 radical (unpaired) electrons. The Kier molecular flexibility index (Phi) is 10.0. The van der Waals surface area contributed by atoms with Gasteiger partial charge in [-0.3, -0.25) is 4.79 Å². The molecule has 164 valence electrons. The van der Waals surface area contributed by atoms with Crippen LogP contribution in [0.4, 0.5) is 0 Å². The lowest BCUT2D eigenvalue weighted by atomic mass is 9.84. The van der Waals surface area contributed by atoms with E-state index >= 15 is 0 Å². The number of carboxylic acids is 1. The number of aryl methyl sites for hydroxylation is 1. The molecule has 2 rings (SSSR count). The third-order valence-electron chi connectivity index (χ3n) is 6.20. The van der Waals surface area contributed by atoms with Crippen LogP contribution in [0.2, 0.25) is 0 Å². The zero-order chi connectivity index (χ0) is 21.3. The average Bonchev–Trinajstić information content (AvgIpc) is 3.01. The number of hydrogen-bond donors (Lipinski definition) is 3. The predicted molar refractivity (Wildman–Crippen MR) is 119 cm³/mol. The molecule has 0 bridgehead atoms. The molecular formula is C24H38O4S. The number of carboxylic acid groups (broad SMARTS) is 1. The monoisotopic (exact) mass is 422 g/mol. The Hall–Kier alpha value is -1.04. The van der Waals surface area contributed by atoms with E-state index in [2.05, 4.69) is 25.1 Å². The van der Waals surface area contributed by atoms with Crippen LogP contribution >= 0.6 is 11.8 Å². The van der Waals surface area contributed by atoms with Gasteiger partial charge in [-0.25, -0.2) is 0 Å². The third-order valence-corrected chi connectivity index (χ3v) is 7.56. The molecule has 0 aromatic heterocycles. The van der Waals surface area contributed by atoms with Crippen molar-refractivity contribution in [1.29, 1.82) is 0 Å². The Bertz CT molecular complexity index is 631. The van der Waals surface area contributed by atoms with E-state index < -0.39 is 11.6 Å². The van der Waals surface area contributed by atoms with Gasteiger partial charge in [0.15, 0.2) is 0 Å². The van der Waals surface area contributed by atoms with Crippen molar-refractivity contribution in [3.05, 3.63) is 29.8 Å².